The zero-order chi connectivity index (χ0) is 13.5. The maximum absolute atomic E-state index is 4.77. The van der Waals surface area contributed by atoms with Gasteiger partial charge in [-0.25, -0.2) is 0 Å². The van der Waals surface area contributed by atoms with Gasteiger partial charge in [0.2, 0.25) is 0 Å². The zero-order valence-corrected chi connectivity index (χ0v) is 12.1. The first-order valence-corrected chi connectivity index (χ1v) is 7.37. The molecule has 4 rings (SSSR count). The third-order valence-electron chi connectivity index (χ3n) is 5.24. The molecule has 0 aromatic heterocycles. The van der Waals surface area contributed by atoms with Crippen LogP contribution in [0.25, 0.3) is 0 Å². The second kappa shape index (κ2) is 4.63. The summed E-state index contributed by atoms with van der Waals surface area (Å²) in [5.74, 6) is 1.64. The lowest BCUT2D eigenvalue weighted by atomic mass is 9.49. The van der Waals surface area contributed by atoms with Crippen molar-refractivity contribution in [2.45, 2.75) is 39.7 Å². The number of fused-ring (bicyclic) bond motifs is 1. The lowest BCUT2D eigenvalue weighted by Gasteiger charge is -2.55. The van der Waals surface area contributed by atoms with Gasteiger partial charge in [0.05, 0.1) is 6.04 Å². The van der Waals surface area contributed by atoms with Crippen LogP contribution in [0.15, 0.2) is 47.0 Å². The van der Waals surface area contributed by atoms with Crippen molar-refractivity contribution >= 4 is 6.21 Å². The Morgan fingerprint density at radius 2 is 2.00 bits per heavy atom. The maximum Gasteiger partial charge on any atom is 0.0720 e. The van der Waals surface area contributed by atoms with Crippen LogP contribution in [-0.4, -0.2) is 6.21 Å². The highest BCUT2D eigenvalue weighted by atomic mass is 14.8. The zero-order valence-electron chi connectivity index (χ0n) is 12.1. The summed E-state index contributed by atoms with van der Waals surface area (Å²) in [5.41, 5.74) is 3.25. The maximum atomic E-state index is 4.77. The third kappa shape index (κ3) is 2.16. The molecule has 1 nitrogen and oxygen atoms in total. The fourth-order valence-corrected chi connectivity index (χ4v) is 3.56. The predicted octanol–water partition coefficient (Wildman–Crippen LogP) is 4.81. The molecule has 0 N–H and O–H groups in total. The van der Waals surface area contributed by atoms with Crippen LogP contribution in [0.4, 0.5) is 0 Å². The van der Waals surface area contributed by atoms with Crippen molar-refractivity contribution in [2.75, 3.05) is 0 Å². The van der Waals surface area contributed by atoms with Gasteiger partial charge in [-0.3, -0.25) is 4.99 Å². The van der Waals surface area contributed by atoms with E-state index in [1.54, 1.807) is 0 Å². The molecule has 1 aromatic rings. The van der Waals surface area contributed by atoms with Crippen molar-refractivity contribution in [3.8, 4) is 0 Å². The molecular formula is C18H23N. The molecule has 0 amide bonds. The average molecular weight is 253 g/mol. The normalized spacial score (nSPS) is 29.7. The SMILES string of the molecule is C[C@@H](N=CC1=CC[C@H]2C[C@@H]1C2(C)C)c1ccccc1. The van der Waals surface area contributed by atoms with E-state index in [0.717, 1.165) is 11.8 Å². The van der Waals surface area contributed by atoms with Gasteiger partial charge in [0.25, 0.3) is 0 Å². The second-order valence-electron chi connectivity index (χ2n) is 6.61. The van der Waals surface area contributed by atoms with Gasteiger partial charge < -0.3 is 0 Å². The van der Waals surface area contributed by atoms with E-state index in [4.69, 9.17) is 4.99 Å². The second-order valence-corrected chi connectivity index (χ2v) is 6.61. The Morgan fingerprint density at radius 1 is 1.26 bits per heavy atom. The fourth-order valence-electron chi connectivity index (χ4n) is 3.56. The van der Waals surface area contributed by atoms with Crippen LogP contribution in [0.1, 0.15) is 45.2 Å². The molecule has 3 aliphatic rings. The first-order chi connectivity index (χ1) is 9.09. The monoisotopic (exact) mass is 253 g/mol. The van der Waals surface area contributed by atoms with Crippen LogP contribution in [0.3, 0.4) is 0 Å². The van der Waals surface area contributed by atoms with Crippen LogP contribution in [0, 0.1) is 17.3 Å². The minimum Gasteiger partial charge on any atom is -0.285 e. The molecule has 0 heterocycles. The van der Waals surface area contributed by atoms with Crippen molar-refractivity contribution < 1.29 is 0 Å². The molecule has 0 unspecified atom stereocenters. The molecule has 1 saturated carbocycles. The molecule has 3 atom stereocenters. The molecule has 0 aliphatic heterocycles. The van der Waals surface area contributed by atoms with E-state index in [1.165, 1.54) is 24.0 Å². The van der Waals surface area contributed by atoms with E-state index >= 15 is 0 Å². The smallest absolute Gasteiger partial charge is 0.0720 e. The molecule has 1 fully saturated rings. The highest BCUT2D eigenvalue weighted by Gasteiger charge is 2.50. The Balaban J connectivity index is 1.72. The summed E-state index contributed by atoms with van der Waals surface area (Å²) < 4.78 is 0. The van der Waals surface area contributed by atoms with E-state index in [1.807, 2.05) is 0 Å². The predicted molar refractivity (Wildman–Crippen MR) is 81.4 cm³/mol. The molecule has 1 aromatic carbocycles. The number of hydrogen-bond acceptors (Lipinski definition) is 1. The topological polar surface area (TPSA) is 12.4 Å². The minimum atomic E-state index is 0.253. The standard InChI is InChI=1S/C18H23N/c1-13(14-7-5-4-6-8-14)19-12-15-9-10-16-11-17(15)18(16,2)3/h4-9,12-13,16-17H,10-11H2,1-3H3/t13-,16+,17+/m1/s1. The molecule has 0 radical (unpaired) electrons. The van der Waals surface area contributed by atoms with Crippen molar-refractivity contribution in [2.24, 2.45) is 22.2 Å². The summed E-state index contributed by atoms with van der Waals surface area (Å²) in [7, 11) is 0. The van der Waals surface area contributed by atoms with Gasteiger partial charge in [0.15, 0.2) is 0 Å². The van der Waals surface area contributed by atoms with E-state index in [0.29, 0.717) is 5.41 Å². The third-order valence-corrected chi connectivity index (χ3v) is 5.24. The lowest BCUT2D eigenvalue weighted by molar-refractivity contribution is -0.00126. The van der Waals surface area contributed by atoms with Crippen molar-refractivity contribution in [3.63, 3.8) is 0 Å². The Labute approximate surface area is 116 Å². The van der Waals surface area contributed by atoms with Crippen molar-refractivity contribution in [1.82, 2.24) is 0 Å². The van der Waals surface area contributed by atoms with Gasteiger partial charge >= 0.3 is 0 Å². The summed E-state index contributed by atoms with van der Waals surface area (Å²) in [6.45, 7) is 6.99. The number of nitrogens with zero attached hydrogens (tertiary/aromatic N) is 1. The van der Waals surface area contributed by atoms with E-state index < -0.39 is 0 Å². The van der Waals surface area contributed by atoms with Gasteiger partial charge in [-0.05, 0) is 48.2 Å². The lowest BCUT2D eigenvalue weighted by Crippen LogP contribution is -2.48. The molecule has 0 spiro atoms. The first-order valence-electron chi connectivity index (χ1n) is 7.37. The summed E-state index contributed by atoms with van der Waals surface area (Å²) in [5, 5.41) is 0. The number of benzene rings is 1. The Morgan fingerprint density at radius 3 is 2.63 bits per heavy atom. The molecule has 2 bridgehead atoms. The quantitative estimate of drug-likeness (QED) is 0.685. The van der Waals surface area contributed by atoms with E-state index in [-0.39, 0.29) is 6.04 Å². The van der Waals surface area contributed by atoms with Gasteiger partial charge in [0, 0.05) is 6.21 Å². The highest BCUT2D eigenvalue weighted by molar-refractivity contribution is 5.80. The van der Waals surface area contributed by atoms with Crippen molar-refractivity contribution in [1.29, 1.82) is 0 Å². The minimum absolute atomic E-state index is 0.253. The highest BCUT2D eigenvalue weighted by Crippen LogP contribution is 2.58. The largest absolute Gasteiger partial charge is 0.285 e. The number of rotatable bonds is 3. The van der Waals surface area contributed by atoms with Gasteiger partial charge in [0.1, 0.15) is 0 Å². The van der Waals surface area contributed by atoms with Gasteiger partial charge in [-0.2, -0.15) is 0 Å². The molecule has 19 heavy (non-hydrogen) atoms. The van der Waals surface area contributed by atoms with E-state index in [2.05, 4.69) is 63.4 Å². The molecule has 100 valence electrons. The Kier molecular flexibility index (Phi) is 3.08. The van der Waals surface area contributed by atoms with Crippen LogP contribution >= 0.6 is 0 Å². The van der Waals surface area contributed by atoms with Crippen LogP contribution in [0.5, 0.6) is 0 Å². The summed E-state index contributed by atoms with van der Waals surface area (Å²) >= 11 is 0. The van der Waals surface area contributed by atoms with Crippen LogP contribution in [0.2, 0.25) is 0 Å². The van der Waals surface area contributed by atoms with Crippen LogP contribution < -0.4 is 0 Å². The molecule has 0 saturated heterocycles. The molecule has 3 aliphatic carbocycles. The number of aliphatic imine (C=N–C) groups is 1. The van der Waals surface area contributed by atoms with Crippen LogP contribution in [-0.2, 0) is 0 Å². The average Bonchev–Trinajstić information content (AvgIpc) is 2.45. The fraction of sp³-hybridized carbons (Fsp3) is 0.500. The van der Waals surface area contributed by atoms with Gasteiger partial charge in [-0.1, -0.05) is 50.3 Å². The summed E-state index contributed by atoms with van der Waals surface area (Å²) in [6.07, 6.45) is 7.15. The summed E-state index contributed by atoms with van der Waals surface area (Å²) in [4.78, 5) is 4.77. The summed E-state index contributed by atoms with van der Waals surface area (Å²) in [6, 6.07) is 10.8. The molecular weight excluding hydrogens is 230 g/mol. The Bertz CT molecular complexity index is 510. The number of hydrogen-bond donors (Lipinski definition) is 0. The van der Waals surface area contributed by atoms with E-state index in [9.17, 15) is 0 Å². The van der Waals surface area contributed by atoms with Crippen molar-refractivity contribution in [3.05, 3.63) is 47.5 Å². The number of allylic oxidation sites excluding steroid dienone is 2. The van der Waals surface area contributed by atoms with Gasteiger partial charge in [-0.15, -0.1) is 0 Å². The molecule has 1 heteroatoms. The Hall–Kier alpha value is -1.37. The first kappa shape index (κ1) is 12.7.